The summed E-state index contributed by atoms with van der Waals surface area (Å²) in [5.74, 6) is 1.86. The van der Waals surface area contributed by atoms with Gasteiger partial charge in [-0.05, 0) is 83.8 Å². The van der Waals surface area contributed by atoms with Crippen LogP contribution in [0, 0.1) is 6.92 Å². The van der Waals surface area contributed by atoms with Crippen molar-refractivity contribution in [3.05, 3.63) is 224 Å². The third-order valence-electron chi connectivity index (χ3n) is 12.2. The van der Waals surface area contributed by atoms with Crippen molar-refractivity contribution in [1.29, 1.82) is 0 Å². The first-order chi connectivity index (χ1) is 31.1. The third-order valence-corrected chi connectivity index (χ3v) is 12.2. The van der Waals surface area contributed by atoms with Crippen LogP contribution in [-0.2, 0) is 0 Å². The lowest BCUT2D eigenvalue weighted by molar-refractivity contribution is 1.07. The number of hydrogen-bond donors (Lipinski definition) is 0. The van der Waals surface area contributed by atoms with Gasteiger partial charge < -0.3 is 9.13 Å². The Morgan fingerprint density at radius 2 is 0.746 bits per heavy atom. The van der Waals surface area contributed by atoms with E-state index in [0.29, 0.717) is 17.5 Å². The van der Waals surface area contributed by atoms with E-state index in [2.05, 4.69) is 228 Å². The van der Waals surface area contributed by atoms with Crippen LogP contribution in [0.4, 0.5) is 0 Å². The average Bonchev–Trinajstić information content (AvgIpc) is 3.87. The Labute approximate surface area is 364 Å². The maximum absolute atomic E-state index is 5.31. The highest BCUT2D eigenvalue weighted by atomic mass is 15.0. The van der Waals surface area contributed by atoms with Gasteiger partial charge in [-0.15, -0.1) is 0 Å². The molecule has 0 N–H and O–H groups in total. The van der Waals surface area contributed by atoms with Gasteiger partial charge in [-0.25, -0.2) is 15.0 Å². The zero-order valence-electron chi connectivity index (χ0n) is 34.5. The van der Waals surface area contributed by atoms with Crippen LogP contribution in [0.3, 0.4) is 0 Å². The molecule has 0 atom stereocenters. The Morgan fingerprint density at radius 1 is 0.286 bits per heavy atom. The highest BCUT2D eigenvalue weighted by molar-refractivity contribution is 6.12. The summed E-state index contributed by atoms with van der Waals surface area (Å²) in [6, 6.07) is 77.5. The van der Waals surface area contributed by atoms with Crippen molar-refractivity contribution in [3.63, 3.8) is 0 Å². The zero-order chi connectivity index (χ0) is 41.9. The molecular weight excluding hydrogens is 767 g/mol. The number of para-hydroxylation sites is 3. The Bertz CT molecular complexity index is 3620. The number of fused-ring (bicyclic) bond motifs is 6. The first-order valence-electron chi connectivity index (χ1n) is 21.4. The molecule has 0 fully saturated rings. The summed E-state index contributed by atoms with van der Waals surface area (Å²) < 4.78 is 4.77. The molecule has 3 aromatic heterocycles. The van der Waals surface area contributed by atoms with E-state index in [9.17, 15) is 0 Å². The molecule has 5 nitrogen and oxygen atoms in total. The van der Waals surface area contributed by atoms with Crippen LogP contribution in [0.15, 0.2) is 218 Å². The van der Waals surface area contributed by atoms with E-state index in [1.807, 2.05) is 6.07 Å². The number of rotatable bonds is 7. The van der Waals surface area contributed by atoms with Crippen molar-refractivity contribution in [3.8, 4) is 67.8 Å². The highest BCUT2D eigenvalue weighted by Crippen LogP contribution is 2.40. The molecule has 0 unspecified atom stereocenters. The van der Waals surface area contributed by atoms with Crippen molar-refractivity contribution in [2.24, 2.45) is 0 Å². The molecule has 0 radical (unpaired) electrons. The maximum atomic E-state index is 5.31. The van der Waals surface area contributed by atoms with E-state index in [0.717, 1.165) is 66.9 Å². The van der Waals surface area contributed by atoms with Crippen LogP contribution in [0.25, 0.3) is 111 Å². The van der Waals surface area contributed by atoms with E-state index in [4.69, 9.17) is 15.0 Å². The predicted octanol–water partition coefficient (Wildman–Crippen LogP) is 14.7. The molecule has 296 valence electrons. The van der Waals surface area contributed by atoms with Gasteiger partial charge in [0.05, 0.1) is 22.1 Å². The summed E-state index contributed by atoms with van der Waals surface area (Å²) in [6.07, 6.45) is 0. The SMILES string of the molecule is Cc1cccc(-c2nc(-c3ccc(-c4ccccc4)cc3)nc(-c3cc(-n4c5ccccc5c5cc(-n6c7ccccc7c7ccccc76)ccc54)ccc3-c3ccccc3)n2)c1. The number of benzene rings is 9. The Kier molecular flexibility index (Phi) is 8.64. The van der Waals surface area contributed by atoms with E-state index < -0.39 is 0 Å². The van der Waals surface area contributed by atoms with Crippen LogP contribution in [0.2, 0.25) is 0 Å². The Balaban J connectivity index is 1.07. The van der Waals surface area contributed by atoms with Crippen LogP contribution in [-0.4, -0.2) is 24.1 Å². The molecule has 0 spiro atoms. The van der Waals surface area contributed by atoms with E-state index >= 15 is 0 Å². The van der Waals surface area contributed by atoms with Gasteiger partial charge >= 0.3 is 0 Å². The van der Waals surface area contributed by atoms with Gasteiger partial charge in [0.25, 0.3) is 0 Å². The normalized spacial score (nSPS) is 11.6. The zero-order valence-corrected chi connectivity index (χ0v) is 34.5. The summed E-state index contributed by atoms with van der Waals surface area (Å²) in [5, 5.41) is 4.87. The lowest BCUT2D eigenvalue weighted by Crippen LogP contribution is -2.02. The van der Waals surface area contributed by atoms with Crippen LogP contribution >= 0.6 is 0 Å². The molecule has 0 saturated carbocycles. The second kappa shape index (κ2) is 14.9. The molecule has 0 aliphatic rings. The average molecular weight is 806 g/mol. The molecule has 0 saturated heterocycles. The molecule has 9 aromatic carbocycles. The standard InChI is InChI=1S/C58H39N5/c1-38-15-14-20-43(35-38)57-59-56(42-29-27-40(28-30-42)39-16-4-2-5-17-39)60-58(61-57)51-37-44(31-33-46(51)41-18-6-3-7-19-41)63-54-26-13-10-23-49(54)50-36-45(32-34-55(50)63)62-52-24-11-8-21-47(52)48-22-9-12-25-53(48)62/h2-37H,1H3. The van der Waals surface area contributed by atoms with Gasteiger partial charge in [0.1, 0.15) is 0 Å². The van der Waals surface area contributed by atoms with Crippen molar-refractivity contribution >= 4 is 43.6 Å². The maximum Gasteiger partial charge on any atom is 0.164 e. The summed E-state index contributed by atoms with van der Waals surface area (Å²) in [7, 11) is 0. The van der Waals surface area contributed by atoms with Crippen LogP contribution in [0.1, 0.15) is 5.56 Å². The molecule has 0 aliphatic carbocycles. The molecule has 0 bridgehead atoms. The summed E-state index contributed by atoms with van der Waals surface area (Å²) in [6.45, 7) is 2.10. The predicted molar refractivity (Wildman–Crippen MR) is 260 cm³/mol. The fourth-order valence-corrected chi connectivity index (χ4v) is 9.29. The summed E-state index contributed by atoms with van der Waals surface area (Å²) in [4.78, 5) is 15.7. The Morgan fingerprint density at radius 3 is 1.38 bits per heavy atom. The minimum Gasteiger partial charge on any atom is -0.309 e. The van der Waals surface area contributed by atoms with Gasteiger partial charge in [-0.1, -0.05) is 169 Å². The van der Waals surface area contributed by atoms with E-state index in [1.54, 1.807) is 0 Å². The first kappa shape index (κ1) is 36.4. The highest BCUT2D eigenvalue weighted by Gasteiger charge is 2.20. The molecule has 63 heavy (non-hydrogen) atoms. The largest absolute Gasteiger partial charge is 0.309 e. The molecule has 12 rings (SSSR count). The molecule has 3 heterocycles. The van der Waals surface area contributed by atoms with Gasteiger partial charge in [-0.2, -0.15) is 0 Å². The second-order valence-electron chi connectivity index (χ2n) is 16.1. The molecule has 0 aliphatic heterocycles. The fraction of sp³-hybridized carbons (Fsp3) is 0.0172. The van der Waals surface area contributed by atoms with Gasteiger partial charge in [0, 0.05) is 49.6 Å². The van der Waals surface area contributed by atoms with Gasteiger partial charge in [0.15, 0.2) is 17.5 Å². The molecule has 12 aromatic rings. The Hall–Kier alpha value is -8.41. The van der Waals surface area contributed by atoms with Crippen molar-refractivity contribution in [2.75, 3.05) is 0 Å². The topological polar surface area (TPSA) is 48.5 Å². The molecular formula is C58H39N5. The van der Waals surface area contributed by atoms with Gasteiger partial charge in [0.2, 0.25) is 0 Å². The van der Waals surface area contributed by atoms with Crippen LogP contribution in [0.5, 0.6) is 0 Å². The molecule has 5 heteroatoms. The number of aryl methyl sites for hydroxylation is 1. The van der Waals surface area contributed by atoms with Gasteiger partial charge in [-0.3, -0.25) is 0 Å². The van der Waals surface area contributed by atoms with Crippen LogP contribution < -0.4 is 0 Å². The second-order valence-corrected chi connectivity index (χ2v) is 16.1. The lowest BCUT2D eigenvalue weighted by Gasteiger charge is -2.16. The van der Waals surface area contributed by atoms with Crippen molar-refractivity contribution in [1.82, 2.24) is 24.1 Å². The van der Waals surface area contributed by atoms with Crippen molar-refractivity contribution in [2.45, 2.75) is 6.92 Å². The quantitative estimate of drug-likeness (QED) is 0.161. The first-order valence-corrected chi connectivity index (χ1v) is 21.4. The monoisotopic (exact) mass is 805 g/mol. The van der Waals surface area contributed by atoms with Crippen molar-refractivity contribution < 1.29 is 0 Å². The number of aromatic nitrogens is 5. The number of nitrogens with zero attached hydrogens (tertiary/aromatic N) is 5. The third kappa shape index (κ3) is 6.29. The lowest BCUT2D eigenvalue weighted by atomic mass is 9.98. The minimum atomic E-state index is 0.610. The summed E-state index contributed by atoms with van der Waals surface area (Å²) >= 11 is 0. The summed E-state index contributed by atoms with van der Waals surface area (Å²) in [5.41, 5.74) is 15.1. The number of hydrogen-bond acceptors (Lipinski definition) is 3. The smallest absolute Gasteiger partial charge is 0.164 e. The minimum absolute atomic E-state index is 0.610. The van der Waals surface area contributed by atoms with E-state index in [1.165, 1.54) is 32.6 Å². The molecule has 0 amide bonds. The fourth-order valence-electron chi connectivity index (χ4n) is 9.29. The van der Waals surface area contributed by atoms with E-state index in [-0.39, 0.29) is 0 Å².